The zero-order valence-electron chi connectivity index (χ0n) is 11.6. The van der Waals surface area contributed by atoms with Crippen LogP contribution in [0.25, 0.3) is 0 Å². The number of carbonyl (C=O) groups is 1. The molecule has 0 spiro atoms. The molecule has 110 valence electrons. The number of likely N-dealkylation sites (N-methyl/N-ethyl adjacent to an activating group) is 1. The van der Waals surface area contributed by atoms with Crippen molar-refractivity contribution in [1.29, 1.82) is 0 Å². The second-order valence-corrected chi connectivity index (χ2v) is 6.16. The average Bonchev–Trinajstić information content (AvgIpc) is 2.36. The molecule has 6 heteroatoms. The van der Waals surface area contributed by atoms with Gasteiger partial charge in [-0.05, 0) is 47.6 Å². The fraction of sp³-hybridized carbons (Fsp3) is 0.500. The van der Waals surface area contributed by atoms with E-state index in [-0.39, 0.29) is 11.8 Å². The molecule has 0 bridgehead atoms. The van der Waals surface area contributed by atoms with Gasteiger partial charge in [-0.1, -0.05) is 6.07 Å². The summed E-state index contributed by atoms with van der Waals surface area (Å²) in [4.78, 5) is 15.9. The third kappa shape index (κ3) is 3.13. The predicted octanol–water partition coefficient (Wildman–Crippen LogP) is 1.92. The van der Waals surface area contributed by atoms with Crippen LogP contribution in [0.5, 0.6) is 5.75 Å². The summed E-state index contributed by atoms with van der Waals surface area (Å²) < 4.78 is 0.517. The van der Waals surface area contributed by atoms with Gasteiger partial charge >= 0.3 is 5.97 Å². The van der Waals surface area contributed by atoms with Crippen molar-refractivity contribution in [1.82, 2.24) is 9.80 Å². The summed E-state index contributed by atoms with van der Waals surface area (Å²) in [5.41, 5.74) is 0.679. The Morgan fingerprint density at radius 3 is 2.70 bits per heavy atom. The monoisotopic (exact) mass is 342 g/mol. The molecule has 1 aliphatic heterocycles. The number of nitrogens with zero attached hydrogens (tertiary/aromatic N) is 2. The second-order valence-electron chi connectivity index (χ2n) is 5.30. The molecule has 1 aromatic rings. The van der Waals surface area contributed by atoms with E-state index >= 15 is 0 Å². The lowest BCUT2D eigenvalue weighted by atomic mass is 10.0. The van der Waals surface area contributed by atoms with Gasteiger partial charge in [-0.25, -0.2) is 0 Å². The van der Waals surface area contributed by atoms with Gasteiger partial charge in [0.1, 0.15) is 11.8 Å². The topological polar surface area (TPSA) is 64.0 Å². The van der Waals surface area contributed by atoms with Gasteiger partial charge in [0.25, 0.3) is 0 Å². The van der Waals surface area contributed by atoms with Crippen LogP contribution in [-0.4, -0.2) is 58.7 Å². The van der Waals surface area contributed by atoms with Crippen molar-refractivity contribution in [2.45, 2.75) is 19.0 Å². The summed E-state index contributed by atoms with van der Waals surface area (Å²) in [6.07, 6.45) is 0. The largest absolute Gasteiger partial charge is 0.507 e. The SMILES string of the molecule is CC1CN(C)CCN1C(C(=O)O)c1ccc(O)c(Br)c1. The first-order valence-electron chi connectivity index (χ1n) is 6.55. The van der Waals surface area contributed by atoms with E-state index in [0.29, 0.717) is 16.6 Å². The molecule has 1 saturated heterocycles. The molecular weight excluding hydrogens is 324 g/mol. The molecule has 1 aliphatic rings. The number of aromatic hydroxyl groups is 1. The molecule has 1 aromatic carbocycles. The lowest BCUT2D eigenvalue weighted by Crippen LogP contribution is -2.53. The zero-order chi connectivity index (χ0) is 14.9. The molecule has 0 saturated carbocycles. The Balaban J connectivity index is 2.31. The first-order chi connectivity index (χ1) is 9.40. The van der Waals surface area contributed by atoms with E-state index in [1.807, 2.05) is 18.9 Å². The Labute approximate surface area is 126 Å². The number of aliphatic carboxylic acids is 1. The minimum Gasteiger partial charge on any atom is -0.507 e. The number of piperazine rings is 1. The van der Waals surface area contributed by atoms with Crippen molar-refractivity contribution in [2.75, 3.05) is 26.7 Å². The quantitative estimate of drug-likeness (QED) is 0.878. The van der Waals surface area contributed by atoms with E-state index in [1.165, 1.54) is 6.07 Å². The molecule has 0 radical (unpaired) electrons. The molecule has 2 unspecified atom stereocenters. The van der Waals surface area contributed by atoms with Crippen LogP contribution < -0.4 is 0 Å². The Hall–Kier alpha value is -1.11. The van der Waals surface area contributed by atoms with Crippen LogP contribution in [0.3, 0.4) is 0 Å². The molecule has 2 atom stereocenters. The van der Waals surface area contributed by atoms with E-state index in [2.05, 4.69) is 20.8 Å². The average molecular weight is 343 g/mol. The summed E-state index contributed by atoms with van der Waals surface area (Å²) in [6.45, 7) is 4.46. The fourth-order valence-corrected chi connectivity index (χ4v) is 3.10. The molecule has 2 rings (SSSR count). The van der Waals surface area contributed by atoms with E-state index in [4.69, 9.17) is 0 Å². The normalized spacial score (nSPS) is 22.6. The van der Waals surface area contributed by atoms with E-state index in [1.54, 1.807) is 12.1 Å². The Morgan fingerprint density at radius 1 is 1.45 bits per heavy atom. The number of carboxylic acid groups (broad SMARTS) is 1. The van der Waals surface area contributed by atoms with Gasteiger partial charge < -0.3 is 15.1 Å². The number of carboxylic acids is 1. The number of phenols is 1. The zero-order valence-corrected chi connectivity index (χ0v) is 13.2. The number of phenolic OH excluding ortho intramolecular Hbond substituents is 1. The molecule has 0 aliphatic carbocycles. The van der Waals surface area contributed by atoms with Crippen LogP contribution in [-0.2, 0) is 4.79 Å². The Kier molecular flexibility index (Phi) is 4.67. The van der Waals surface area contributed by atoms with Crippen molar-refractivity contribution in [3.8, 4) is 5.75 Å². The Bertz CT molecular complexity index is 509. The molecule has 20 heavy (non-hydrogen) atoms. The summed E-state index contributed by atoms with van der Waals surface area (Å²) in [5, 5.41) is 19.1. The molecule has 2 N–H and O–H groups in total. The molecule has 0 amide bonds. The third-order valence-electron chi connectivity index (χ3n) is 3.74. The lowest BCUT2D eigenvalue weighted by molar-refractivity contribution is -0.145. The summed E-state index contributed by atoms with van der Waals surface area (Å²) in [5.74, 6) is -0.747. The van der Waals surface area contributed by atoms with Gasteiger partial charge in [0.2, 0.25) is 0 Å². The minimum absolute atomic E-state index is 0.115. The first kappa shape index (κ1) is 15.3. The minimum atomic E-state index is -0.862. The fourth-order valence-electron chi connectivity index (χ4n) is 2.71. The maximum absolute atomic E-state index is 11.7. The summed E-state index contributed by atoms with van der Waals surface area (Å²) in [7, 11) is 2.04. The summed E-state index contributed by atoms with van der Waals surface area (Å²) >= 11 is 3.24. The molecular formula is C14H19BrN2O3. The number of benzene rings is 1. The van der Waals surface area contributed by atoms with Crippen molar-refractivity contribution in [3.63, 3.8) is 0 Å². The van der Waals surface area contributed by atoms with Gasteiger partial charge in [-0.3, -0.25) is 9.69 Å². The van der Waals surface area contributed by atoms with Crippen molar-refractivity contribution < 1.29 is 15.0 Å². The molecule has 1 heterocycles. The van der Waals surface area contributed by atoms with Gasteiger partial charge in [0, 0.05) is 25.7 Å². The maximum Gasteiger partial charge on any atom is 0.325 e. The smallest absolute Gasteiger partial charge is 0.325 e. The summed E-state index contributed by atoms with van der Waals surface area (Å²) in [6, 6.07) is 4.36. The maximum atomic E-state index is 11.7. The predicted molar refractivity (Wildman–Crippen MR) is 79.8 cm³/mol. The highest BCUT2D eigenvalue weighted by Crippen LogP contribution is 2.31. The number of hydrogen-bond acceptors (Lipinski definition) is 4. The van der Waals surface area contributed by atoms with Gasteiger partial charge in [-0.15, -0.1) is 0 Å². The highest BCUT2D eigenvalue weighted by Gasteiger charge is 2.33. The number of rotatable bonds is 3. The van der Waals surface area contributed by atoms with Gasteiger partial charge in [0.15, 0.2) is 0 Å². The lowest BCUT2D eigenvalue weighted by Gasteiger charge is -2.41. The second kappa shape index (κ2) is 6.11. The first-order valence-corrected chi connectivity index (χ1v) is 7.35. The van der Waals surface area contributed by atoms with Crippen LogP contribution in [0.15, 0.2) is 22.7 Å². The number of hydrogen-bond donors (Lipinski definition) is 2. The van der Waals surface area contributed by atoms with Crippen LogP contribution in [0.2, 0.25) is 0 Å². The highest BCUT2D eigenvalue weighted by atomic mass is 79.9. The molecule has 1 fully saturated rings. The van der Waals surface area contributed by atoms with Crippen LogP contribution in [0.1, 0.15) is 18.5 Å². The molecule has 5 nitrogen and oxygen atoms in total. The van der Waals surface area contributed by atoms with E-state index in [9.17, 15) is 15.0 Å². The van der Waals surface area contributed by atoms with E-state index < -0.39 is 12.0 Å². The third-order valence-corrected chi connectivity index (χ3v) is 4.37. The van der Waals surface area contributed by atoms with Gasteiger partial charge in [0.05, 0.1) is 4.47 Å². The molecule has 0 aromatic heterocycles. The van der Waals surface area contributed by atoms with Gasteiger partial charge in [-0.2, -0.15) is 0 Å². The van der Waals surface area contributed by atoms with Crippen LogP contribution in [0, 0.1) is 0 Å². The standard InChI is InChI=1S/C14H19BrN2O3/c1-9-8-16(2)5-6-17(9)13(14(19)20)10-3-4-12(18)11(15)7-10/h3-4,7,9,13,18H,5-6,8H2,1-2H3,(H,19,20). The van der Waals surface area contributed by atoms with Crippen molar-refractivity contribution >= 4 is 21.9 Å². The number of halogens is 1. The Morgan fingerprint density at radius 2 is 2.15 bits per heavy atom. The van der Waals surface area contributed by atoms with Crippen molar-refractivity contribution in [3.05, 3.63) is 28.2 Å². The van der Waals surface area contributed by atoms with Crippen molar-refractivity contribution in [2.24, 2.45) is 0 Å². The van der Waals surface area contributed by atoms with Crippen LogP contribution in [0.4, 0.5) is 0 Å². The van der Waals surface area contributed by atoms with Crippen LogP contribution >= 0.6 is 15.9 Å². The highest BCUT2D eigenvalue weighted by molar-refractivity contribution is 9.10. The van der Waals surface area contributed by atoms with E-state index in [0.717, 1.165) is 13.1 Å².